The zero-order valence-electron chi connectivity index (χ0n) is 32.5. The maximum absolute atomic E-state index is 11.0. The van der Waals surface area contributed by atoms with Gasteiger partial charge in [0.15, 0.2) is 0 Å². The maximum atomic E-state index is 11.0. The normalized spacial score (nSPS) is 10.5. The monoisotopic (exact) mass is 770 g/mol. The minimum atomic E-state index is -3.05. The van der Waals surface area contributed by atoms with Crippen LogP contribution in [0.15, 0.2) is 0 Å². The third-order valence-electron chi connectivity index (χ3n) is 4.62. The molecule has 0 aliphatic carbocycles. The molecule has 0 radical (unpaired) electrons. The summed E-state index contributed by atoms with van der Waals surface area (Å²) in [5.74, 6) is 0.467. The van der Waals surface area contributed by atoms with Crippen LogP contribution < -0.4 is 25.4 Å². The molecule has 0 aromatic rings. The van der Waals surface area contributed by atoms with Gasteiger partial charge in [0.25, 0.3) is 0 Å². The standard InChI is InChI=1S/2C7H15NO.2C6H15NO2S.C6H15N.5CH4/c2*1-5(2)7(9)8-6(3)4;2*1-5(2)7-10(8,9)6(3)4;1-5(2)7-6(3)4;;;;;/h2*5-6H,1-4H3,(H,8,9);2*5-7H,1-4H3;5-7H,1-4H3;5*1H4. The Morgan fingerprint density at radius 3 is 0.600 bits per heavy atom. The number of carbonyl (C=O) groups excluding carboxylic acids is 2. The highest BCUT2D eigenvalue weighted by Gasteiger charge is 2.16. The largest absolute Gasteiger partial charge is 0.354 e. The van der Waals surface area contributed by atoms with Crippen LogP contribution in [-0.2, 0) is 29.6 Å². The van der Waals surface area contributed by atoms with Gasteiger partial charge in [-0.1, -0.05) is 92.5 Å². The zero-order valence-corrected chi connectivity index (χ0v) is 34.2. The first kappa shape index (κ1) is 74.0. The molecule has 0 saturated heterocycles. The van der Waals surface area contributed by atoms with Crippen molar-refractivity contribution in [3.05, 3.63) is 0 Å². The van der Waals surface area contributed by atoms with Gasteiger partial charge in [-0.2, -0.15) is 0 Å². The molecule has 0 heterocycles. The van der Waals surface area contributed by atoms with Crippen LogP contribution in [0.1, 0.15) is 176 Å². The lowest BCUT2D eigenvalue weighted by atomic mass is 10.2. The molecule has 2 amide bonds. The summed E-state index contributed by atoms with van der Waals surface area (Å²) in [7, 11) is -6.09. The lowest BCUT2D eigenvalue weighted by Crippen LogP contribution is -2.35. The molecule has 0 rings (SSSR count). The molecule has 0 atom stereocenters. The minimum Gasteiger partial charge on any atom is -0.354 e. The third kappa shape index (κ3) is 58.9. The summed E-state index contributed by atoms with van der Waals surface area (Å²) >= 11 is 0. The number of sulfonamides is 2. The van der Waals surface area contributed by atoms with Crippen LogP contribution in [0.4, 0.5) is 0 Å². The van der Waals surface area contributed by atoms with Gasteiger partial charge in [0.05, 0.1) is 10.5 Å². The molecule has 0 bridgehead atoms. The van der Waals surface area contributed by atoms with E-state index in [4.69, 9.17) is 0 Å². The summed E-state index contributed by atoms with van der Waals surface area (Å²) in [5, 5.41) is 8.24. The molecule has 0 aliphatic rings. The lowest BCUT2D eigenvalue weighted by Gasteiger charge is -2.11. The van der Waals surface area contributed by atoms with E-state index < -0.39 is 20.0 Å². The van der Waals surface area contributed by atoms with Crippen LogP contribution in [0.2, 0.25) is 0 Å². The van der Waals surface area contributed by atoms with Crippen LogP contribution >= 0.6 is 0 Å². The Bertz CT molecular complexity index is 869. The fourth-order valence-corrected chi connectivity index (χ4v) is 4.36. The fraction of sp³-hybridized carbons (Fsp3) is 0.946. The molecular weight excluding hydrogens is 675 g/mol. The number of hydrogen-bond acceptors (Lipinski definition) is 7. The molecule has 5 N–H and O–H groups in total. The molecule has 0 saturated carbocycles. The predicted octanol–water partition coefficient (Wildman–Crippen LogP) is 8.35. The second-order valence-corrected chi connectivity index (χ2v) is 18.4. The average molecular weight is 770 g/mol. The van der Waals surface area contributed by atoms with E-state index in [9.17, 15) is 26.4 Å². The SMILES string of the molecule is C.C.C.C.C.CC(C)NC(=O)C(C)C.CC(C)NC(=O)C(C)C.CC(C)NC(C)C.CC(C)NS(=O)(=O)C(C)C.CC(C)NS(=O)(=O)C(C)C. The van der Waals surface area contributed by atoms with Crippen molar-refractivity contribution in [2.75, 3.05) is 0 Å². The molecule has 316 valence electrons. The molecule has 0 aromatic carbocycles. The van der Waals surface area contributed by atoms with Gasteiger partial charge in [-0.05, 0) is 83.1 Å². The Balaban J connectivity index is -0.0000000490. The highest BCUT2D eigenvalue weighted by Crippen LogP contribution is 1.98. The summed E-state index contributed by atoms with van der Waals surface area (Å²) in [6.07, 6.45) is 0. The van der Waals surface area contributed by atoms with Gasteiger partial charge in [0.2, 0.25) is 31.9 Å². The Hall–Kier alpha value is -1.28. The summed E-state index contributed by atoms with van der Waals surface area (Å²) in [5.41, 5.74) is 0. The first-order valence-corrected chi connectivity index (χ1v) is 19.4. The van der Waals surface area contributed by atoms with Crippen LogP contribution in [0, 0.1) is 11.8 Å². The number of carbonyl (C=O) groups is 2. The van der Waals surface area contributed by atoms with E-state index >= 15 is 0 Å². The molecule has 13 heteroatoms. The van der Waals surface area contributed by atoms with Gasteiger partial charge >= 0.3 is 0 Å². The first-order chi connectivity index (χ1) is 19.9. The van der Waals surface area contributed by atoms with Gasteiger partial charge in [0, 0.05) is 48.1 Å². The molecule has 50 heavy (non-hydrogen) atoms. The van der Waals surface area contributed by atoms with E-state index in [2.05, 4.69) is 53.1 Å². The van der Waals surface area contributed by atoms with Crippen molar-refractivity contribution >= 4 is 31.9 Å². The highest BCUT2D eigenvalue weighted by molar-refractivity contribution is 7.90. The molecule has 0 fully saturated rings. The first-order valence-electron chi connectivity index (χ1n) is 16.3. The molecule has 0 spiro atoms. The van der Waals surface area contributed by atoms with Crippen LogP contribution in [0.3, 0.4) is 0 Å². The van der Waals surface area contributed by atoms with Crippen molar-refractivity contribution < 1.29 is 26.4 Å². The van der Waals surface area contributed by atoms with Crippen molar-refractivity contribution in [1.29, 1.82) is 0 Å². The van der Waals surface area contributed by atoms with E-state index in [1.807, 2.05) is 55.4 Å². The van der Waals surface area contributed by atoms with E-state index in [0.717, 1.165) is 0 Å². The fourth-order valence-electron chi connectivity index (χ4n) is 2.50. The topological polar surface area (TPSA) is 163 Å². The van der Waals surface area contributed by atoms with Crippen molar-refractivity contribution in [1.82, 2.24) is 25.4 Å². The Kier molecular flexibility index (Phi) is 57.6. The van der Waals surface area contributed by atoms with Crippen molar-refractivity contribution in [3.63, 3.8) is 0 Å². The van der Waals surface area contributed by atoms with Crippen molar-refractivity contribution in [2.45, 2.75) is 222 Å². The number of rotatable bonds is 12. The van der Waals surface area contributed by atoms with E-state index in [1.54, 1.807) is 55.4 Å². The molecule has 11 nitrogen and oxygen atoms in total. The van der Waals surface area contributed by atoms with Crippen LogP contribution in [0.5, 0.6) is 0 Å². The van der Waals surface area contributed by atoms with E-state index in [-0.39, 0.29) is 95.5 Å². The number of amides is 2. The van der Waals surface area contributed by atoms with E-state index in [0.29, 0.717) is 12.1 Å². The highest BCUT2D eigenvalue weighted by atomic mass is 32.2. The van der Waals surface area contributed by atoms with Crippen molar-refractivity contribution in [3.8, 4) is 0 Å². The van der Waals surface area contributed by atoms with Crippen LogP contribution in [0.25, 0.3) is 0 Å². The summed E-state index contributed by atoms with van der Waals surface area (Å²) in [4.78, 5) is 21.7. The maximum Gasteiger partial charge on any atom is 0.222 e. The van der Waals surface area contributed by atoms with Gasteiger partial charge in [-0.15, -0.1) is 0 Å². The molecule has 0 unspecified atom stereocenters. The summed E-state index contributed by atoms with van der Waals surface area (Å²) in [6.45, 7) is 37.8. The Morgan fingerprint density at radius 2 is 0.560 bits per heavy atom. The van der Waals surface area contributed by atoms with Crippen molar-refractivity contribution in [2.24, 2.45) is 11.8 Å². The third-order valence-corrected chi connectivity index (χ3v) is 8.70. The Labute approximate surface area is 317 Å². The summed E-state index contributed by atoms with van der Waals surface area (Å²) in [6, 6.07) is 1.76. The summed E-state index contributed by atoms with van der Waals surface area (Å²) < 4.78 is 49.1. The predicted molar refractivity (Wildman–Crippen MR) is 228 cm³/mol. The second kappa shape index (κ2) is 38.9. The van der Waals surface area contributed by atoms with Crippen LogP contribution in [-0.4, -0.2) is 75.4 Å². The zero-order chi connectivity index (χ0) is 37.5. The Morgan fingerprint density at radius 1 is 0.360 bits per heavy atom. The van der Waals surface area contributed by atoms with Gasteiger partial charge < -0.3 is 16.0 Å². The van der Waals surface area contributed by atoms with Gasteiger partial charge in [0.1, 0.15) is 0 Å². The smallest absolute Gasteiger partial charge is 0.222 e. The lowest BCUT2D eigenvalue weighted by molar-refractivity contribution is -0.125. The molecule has 0 aliphatic heterocycles. The average Bonchev–Trinajstić information content (AvgIpc) is 2.77. The van der Waals surface area contributed by atoms with Gasteiger partial charge in [-0.25, -0.2) is 26.3 Å². The molecule has 0 aromatic heterocycles. The van der Waals surface area contributed by atoms with Gasteiger partial charge in [-0.3, -0.25) is 9.59 Å². The number of nitrogens with one attached hydrogen (secondary N) is 5. The molecular formula is C37H95N5O6S2. The second-order valence-electron chi connectivity index (χ2n) is 13.8. The van der Waals surface area contributed by atoms with E-state index in [1.165, 1.54) is 0 Å². The number of hydrogen-bond donors (Lipinski definition) is 5. The quantitative estimate of drug-likeness (QED) is 0.133. The minimum absolute atomic E-state index is 0.